The Morgan fingerprint density at radius 1 is 1.20 bits per heavy atom. The zero-order valence-corrected chi connectivity index (χ0v) is 17.0. The lowest BCUT2D eigenvalue weighted by Crippen LogP contribution is -2.41. The number of hydrogen-bond acceptors (Lipinski definition) is 3. The number of likely N-dealkylation sites (tertiary alicyclic amines) is 1. The average Bonchev–Trinajstić information content (AvgIpc) is 3.21. The zero-order valence-electron chi connectivity index (χ0n) is 16.2. The number of amides is 1. The number of nitrogens with zero attached hydrogens (tertiary/aromatic N) is 3. The first-order chi connectivity index (χ1) is 14.2. The summed E-state index contributed by atoms with van der Waals surface area (Å²) in [5, 5.41) is 0. The van der Waals surface area contributed by atoms with Crippen molar-refractivity contribution < 1.29 is 27.2 Å². The third-order valence-corrected chi connectivity index (χ3v) is 6.39. The summed E-state index contributed by atoms with van der Waals surface area (Å²) in [6.07, 6.45) is 1.13. The molecule has 3 heterocycles. The second-order valence-electron chi connectivity index (χ2n) is 7.76. The molecule has 1 amide bonds. The maximum atomic E-state index is 14.3. The van der Waals surface area contributed by atoms with Gasteiger partial charge in [-0.3, -0.25) is 9.59 Å². The first-order valence-corrected chi connectivity index (χ1v) is 9.99. The Kier molecular flexibility index (Phi) is 5.29. The van der Waals surface area contributed by atoms with Crippen molar-refractivity contribution >= 4 is 23.9 Å². The van der Waals surface area contributed by atoms with Gasteiger partial charge in [-0.15, -0.1) is 0 Å². The highest BCUT2D eigenvalue weighted by Gasteiger charge is 2.35. The minimum atomic E-state index is -1.45. The van der Waals surface area contributed by atoms with E-state index in [-0.39, 0.29) is 43.7 Å². The third kappa shape index (κ3) is 3.36. The average molecular weight is 441 g/mol. The fourth-order valence-corrected chi connectivity index (χ4v) is 4.66. The van der Waals surface area contributed by atoms with Gasteiger partial charge >= 0.3 is 0 Å². The molecule has 0 spiro atoms. The second kappa shape index (κ2) is 7.64. The van der Waals surface area contributed by atoms with Crippen LogP contribution >= 0.6 is 12.2 Å². The molecule has 0 bridgehead atoms. The van der Waals surface area contributed by atoms with Gasteiger partial charge in [-0.05, 0) is 25.1 Å². The van der Waals surface area contributed by atoms with E-state index in [0.29, 0.717) is 35.5 Å². The zero-order chi connectivity index (χ0) is 21.7. The minimum absolute atomic E-state index is 0.00388. The van der Waals surface area contributed by atoms with Crippen molar-refractivity contribution in [2.24, 2.45) is 7.05 Å². The summed E-state index contributed by atoms with van der Waals surface area (Å²) < 4.78 is 59.5. The van der Waals surface area contributed by atoms with E-state index in [0.717, 1.165) is 0 Å². The van der Waals surface area contributed by atoms with Crippen molar-refractivity contribution in [3.8, 4) is 0 Å². The van der Waals surface area contributed by atoms with E-state index in [1.165, 1.54) is 4.90 Å². The number of halogens is 4. The monoisotopic (exact) mass is 441 g/mol. The lowest BCUT2D eigenvalue weighted by molar-refractivity contribution is -0.137. The molecule has 10 heteroatoms. The molecular weight excluding hydrogens is 422 g/mol. The van der Waals surface area contributed by atoms with E-state index in [4.69, 9.17) is 12.2 Å². The standard InChI is InChI=1S/C20H19F4N3O2S/c1-25-14(7-16(29)26-4-2-3-11(28)9-26)15-5-10(8-27(15)20(25)30)17-18(23)12(21)6-13(22)19(17)24/h6,10H,2-5,7-9H2,1H3/t10-/m0/s1. The largest absolute Gasteiger partial charge is 0.335 e. The number of fused-ring (bicyclic) bond motifs is 1. The van der Waals surface area contributed by atoms with Gasteiger partial charge in [0.25, 0.3) is 0 Å². The van der Waals surface area contributed by atoms with E-state index in [9.17, 15) is 27.2 Å². The summed E-state index contributed by atoms with van der Waals surface area (Å²) >= 11 is 5.40. The van der Waals surface area contributed by atoms with E-state index < -0.39 is 34.8 Å². The molecule has 1 aromatic carbocycles. The van der Waals surface area contributed by atoms with Gasteiger partial charge in [-0.25, -0.2) is 17.6 Å². The Morgan fingerprint density at radius 2 is 1.87 bits per heavy atom. The molecule has 0 N–H and O–H groups in total. The molecule has 4 rings (SSSR count). The fourth-order valence-electron chi connectivity index (χ4n) is 4.37. The van der Waals surface area contributed by atoms with Crippen LogP contribution in [0.5, 0.6) is 0 Å². The summed E-state index contributed by atoms with van der Waals surface area (Å²) in [6, 6.07) is 0.186. The smallest absolute Gasteiger partial charge is 0.228 e. The molecule has 5 nitrogen and oxygen atoms in total. The van der Waals surface area contributed by atoms with E-state index in [2.05, 4.69) is 0 Å². The molecule has 1 atom stereocenters. The molecule has 0 saturated carbocycles. The number of carbonyl (C=O) groups excluding carboxylic acids is 2. The summed E-state index contributed by atoms with van der Waals surface area (Å²) in [5.74, 6) is -6.80. The normalized spacial score (nSPS) is 18.8. The number of ketones is 1. The molecule has 2 aromatic rings. The van der Waals surface area contributed by atoms with Gasteiger partial charge < -0.3 is 14.0 Å². The Hall–Kier alpha value is -2.49. The highest BCUT2D eigenvalue weighted by atomic mass is 32.1. The molecule has 1 aromatic heterocycles. The number of carbonyl (C=O) groups is 2. The molecule has 2 aliphatic heterocycles. The number of piperidine rings is 1. The predicted molar refractivity (Wildman–Crippen MR) is 101 cm³/mol. The van der Waals surface area contributed by atoms with Crippen molar-refractivity contribution in [3.05, 3.63) is 51.1 Å². The van der Waals surface area contributed by atoms with Crippen molar-refractivity contribution in [1.82, 2.24) is 14.0 Å². The lowest BCUT2D eigenvalue weighted by atomic mass is 9.94. The Balaban J connectivity index is 1.65. The van der Waals surface area contributed by atoms with Crippen molar-refractivity contribution in [2.75, 3.05) is 13.1 Å². The van der Waals surface area contributed by atoms with Gasteiger partial charge in [0.2, 0.25) is 5.91 Å². The molecule has 0 aliphatic carbocycles. The Bertz CT molecular complexity index is 1100. The number of aromatic nitrogens is 2. The molecule has 1 fully saturated rings. The van der Waals surface area contributed by atoms with Crippen molar-refractivity contribution in [3.63, 3.8) is 0 Å². The van der Waals surface area contributed by atoms with Gasteiger partial charge in [0.15, 0.2) is 33.8 Å². The highest BCUT2D eigenvalue weighted by Crippen LogP contribution is 2.36. The van der Waals surface area contributed by atoms with Gasteiger partial charge in [-0.1, -0.05) is 0 Å². The molecule has 0 radical (unpaired) electrons. The molecule has 0 unspecified atom stereocenters. The summed E-state index contributed by atoms with van der Waals surface area (Å²) in [5.41, 5.74) is 0.531. The van der Waals surface area contributed by atoms with E-state index in [1.54, 1.807) is 16.2 Å². The van der Waals surface area contributed by atoms with Gasteiger partial charge in [0.1, 0.15) is 0 Å². The number of benzene rings is 1. The molecular formula is C20H19F4N3O2S. The van der Waals surface area contributed by atoms with Crippen LogP contribution < -0.4 is 0 Å². The number of hydrogen-bond donors (Lipinski definition) is 0. The van der Waals surface area contributed by atoms with Crippen molar-refractivity contribution in [1.29, 1.82) is 0 Å². The first-order valence-electron chi connectivity index (χ1n) is 9.58. The van der Waals surface area contributed by atoms with Crippen LogP contribution in [0, 0.1) is 28.0 Å². The van der Waals surface area contributed by atoms with Gasteiger partial charge in [-0.2, -0.15) is 0 Å². The highest BCUT2D eigenvalue weighted by molar-refractivity contribution is 7.71. The minimum Gasteiger partial charge on any atom is -0.335 e. The maximum Gasteiger partial charge on any atom is 0.228 e. The van der Waals surface area contributed by atoms with E-state index >= 15 is 0 Å². The maximum absolute atomic E-state index is 14.3. The van der Waals surface area contributed by atoms with Gasteiger partial charge in [0, 0.05) is 55.5 Å². The van der Waals surface area contributed by atoms with Crippen molar-refractivity contribution in [2.45, 2.75) is 38.1 Å². The van der Waals surface area contributed by atoms with Crippen LogP contribution in [0.25, 0.3) is 0 Å². The molecule has 30 heavy (non-hydrogen) atoms. The fraction of sp³-hybridized carbons (Fsp3) is 0.450. The SMILES string of the molecule is Cn1c(CC(=O)N2CCCC(=O)C2)c2n(c1=S)C[C@@H](c1c(F)c(F)cc(F)c1F)C2. The Morgan fingerprint density at radius 3 is 2.50 bits per heavy atom. The van der Waals surface area contributed by atoms with Crippen LogP contribution in [0.2, 0.25) is 0 Å². The summed E-state index contributed by atoms with van der Waals surface area (Å²) in [6.45, 7) is 0.614. The quantitative estimate of drug-likeness (QED) is 0.418. The number of Topliss-reactive ketones (excluding diaryl/α,β-unsaturated/α-hetero) is 1. The summed E-state index contributed by atoms with van der Waals surface area (Å²) in [7, 11) is 1.69. The number of rotatable bonds is 3. The van der Waals surface area contributed by atoms with Crippen LogP contribution in [-0.2, 0) is 36.0 Å². The lowest BCUT2D eigenvalue weighted by Gasteiger charge is -2.26. The van der Waals surface area contributed by atoms with E-state index in [1.807, 2.05) is 0 Å². The summed E-state index contributed by atoms with van der Waals surface area (Å²) in [4.78, 5) is 25.9. The van der Waals surface area contributed by atoms with Crippen LogP contribution in [0.1, 0.15) is 35.7 Å². The van der Waals surface area contributed by atoms with Crippen LogP contribution in [-0.4, -0.2) is 38.8 Å². The second-order valence-corrected chi connectivity index (χ2v) is 8.13. The number of imidazole rings is 1. The van der Waals surface area contributed by atoms with Crippen LogP contribution in [0.4, 0.5) is 17.6 Å². The molecule has 1 saturated heterocycles. The van der Waals surface area contributed by atoms with Crippen LogP contribution in [0.3, 0.4) is 0 Å². The Labute approximate surface area is 174 Å². The van der Waals surface area contributed by atoms with Crippen LogP contribution in [0.15, 0.2) is 6.07 Å². The molecule has 2 aliphatic rings. The first kappa shape index (κ1) is 20.8. The molecule has 160 valence electrons. The topological polar surface area (TPSA) is 47.2 Å². The van der Waals surface area contributed by atoms with Gasteiger partial charge in [0.05, 0.1) is 13.0 Å². The predicted octanol–water partition coefficient (Wildman–Crippen LogP) is 3.19. The third-order valence-electron chi connectivity index (χ3n) is 5.90.